The zero-order valence-corrected chi connectivity index (χ0v) is 15.1. The average Bonchev–Trinajstić information content (AvgIpc) is 3.03. The fourth-order valence-corrected chi connectivity index (χ4v) is 2.95. The number of carbonyl (C=O) groups excluding carboxylic acids is 2. The number of hydrogen-bond acceptors (Lipinski definition) is 2. The molecule has 2 amide bonds. The lowest BCUT2D eigenvalue weighted by Crippen LogP contribution is -2.37. The van der Waals surface area contributed by atoms with Gasteiger partial charge in [-0.25, -0.2) is 0 Å². The van der Waals surface area contributed by atoms with Crippen molar-refractivity contribution in [2.24, 2.45) is 0 Å². The Balaban J connectivity index is 1.61. The van der Waals surface area contributed by atoms with Gasteiger partial charge in [-0.15, -0.1) is 0 Å². The second-order valence-electron chi connectivity index (χ2n) is 6.46. The highest BCUT2D eigenvalue weighted by Gasteiger charge is 2.15. The van der Waals surface area contributed by atoms with E-state index in [1.807, 2.05) is 55.6 Å². The molecule has 1 aromatic heterocycles. The number of nitrogens with zero attached hydrogens (tertiary/aromatic N) is 1. The molecule has 3 rings (SSSR count). The van der Waals surface area contributed by atoms with Crippen LogP contribution >= 0.6 is 0 Å². The summed E-state index contributed by atoms with van der Waals surface area (Å²) in [6, 6.07) is 15.7. The predicted molar refractivity (Wildman–Crippen MR) is 104 cm³/mol. The van der Waals surface area contributed by atoms with Gasteiger partial charge in [-0.3, -0.25) is 9.59 Å². The Hall–Kier alpha value is -3.08. The van der Waals surface area contributed by atoms with Crippen molar-refractivity contribution >= 4 is 28.4 Å². The Bertz CT molecular complexity index is 912. The molecule has 0 saturated carbocycles. The van der Waals surface area contributed by atoms with E-state index in [2.05, 4.69) is 16.4 Å². The molecular weight excluding hydrogens is 326 g/mol. The average molecular weight is 349 g/mol. The molecule has 0 unspecified atom stereocenters. The smallest absolute Gasteiger partial charge is 0.243 e. The van der Waals surface area contributed by atoms with Gasteiger partial charge in [0.15, 0.2) is 0 Å². The summed E-state index contributed by atoms with van der Waals surface area (Å²) < 4.78 is 0. The molecule has 2 aromatic carbocycles. The Labute approximate surface area is 153 Å². The monoisotopic (exact) mass is 349 g/mol. The number of para-hydroxylation sites is 1. The van der Waals surface area contributed by atoms with E-state index >= 15 is 0 Å². The van der Waals surface area contributed by atoms with Crippen LogP contribution in [0.1, 0.15) is 18.1 Å². The standard InChI is InChI=1S/C21H23N3O2/c1-15-7-9-18(10-8-15)23-21(26)14-24(16(2)25)12-11-17-13-22-20-6-4-3-5-19(17)20/h3-10,13,22H,11-12,14H2,1-2H3,(H,23,26). The van der Waals surface area contributed by atoms with Gasteiger partial charge in [0.25, 0.3) is 0 Å². The van der Waals surface area contributed by atoms with Gasteiger partial charge in [-0.1, -0.05) is 35.9 Å². The molecule has 0 bridgehead atoms. The van der Waals surface area contributed by atoms with Gasteiger partial charge in [0.05, 0.1) is 6.54 Å². The summed E-state index contributed by atoms with van der Waals surface area (Å²) >= 11 is 0. The number of hydrogen-bond donors (Lipinski definition) is 2. The lowest BCUT2D eigenvalue weighted by Gasteiger charge is -2.20. The van der Waals surface area contributed by atoms with E-state index in [0.29, 0.717) is 13.0 Å². The molecule has 0 radical (unpaired) electrons. The summed E-state index contributed by atoms with van der Waals surface area (Å²) in [5.41, 5.74) is 4.09. The number of fused-ring (bicyclic) bond motifs is 1. The molecule has 1 heterocycles. The van der Waals surface area contributed by atoms with Crippen molar-refractivity contribution in [1.29, 1.82) is 0 Å². The third-order valence-corrected chi connectivity index (χ3v) is 4.44. The maximum absolute atomic E-state index is 12.3. The topological polar surface area (TPSA) is 65.2 Å². The van der Waals surface area contributed by atoms with Crippen LogP contribution in [0.25, 0.3) is 10.9 Å². The van der Waals surface area contributed by atoms with E-state index < -0.39 is 0 Å². The van der Waals surface area contributed by atoms with Crippen LogP contribution in [0.4, 0.5) is 5.69 Å². The van der Waals surface area contributed by atoms with Gasteiger partial charge < -0.3 is 15.2 Å². The molecule has 2 N–H and O–H groups in total. The summed E-state index contributed by atoms with van der Waals surface area (Å²) in [7, 11) is 0. The molecule has 26 heavy (non-hydrogen) atoms. The summed E-state index contributed by atoms with van der Waals surface area (Å²) in [4.78, 5) is 29.0. The van der Waals surface area contributed by atoms with Crippen LogP contribution in [0, 0.1) is 6.92 Å². The number of H-pyrrole nitrogens is 1. The fourth-order valence-electron chi connectivity index (χ4n) is 2.95. The summed E-state index contributed by atoms with van der Waals surface area (Å²) in [5, 5.41) is 3.99. The highest BCUT2D eigenvalue weighted by molar-refractivity contribution is 5.94. The van der Waals surface area contributed by atoms with E-state index in [1.54, 1.807) is 4.90 Å². The van der Waals surface area contributed by atoms with Crippen LogP contribution < -0.4 is 5.32 Å². The predicted octanol–water partition coefficient (Wildman–Crippen LogP) is 3.51. The number of nitrogens with one attached hydrogen (secondary N) is 2. The van der Waals surface area contributed by atoms with Crippen molar-refractivity contribution in [3.8, 4) is 0 Å². The highest BCUT2D eigenvalue weighted by atomic mass is 16.2. The first kappa shape index (κ1) is 17.7. The minimum Gasteiger partial charge on any atom is -0.361 e. The van der Waals surface area contributed by atoms with Crippen molar-refractivity contribution in [2.75, 3.05) is 18.4 Å². The van der Waals surface area contributed by atoms with E-state index in [4.69, 9.17) is 0 Å². The fraction of sp³-hybridized carbons (Fsp3) is 0.238. The number of rotatable bonds is 6. The van der Waals surface area contributed by atoms with Crippen molar-refractivity contribution in [3.05, 3.63) is 65.9 Å². The summed E-state index contributed by atoms with van der Waals surface area (Å²) in [6.07, 6.45) is 2.66. The molecule has 0 aliphatic heterocycles. The van der Waals surface area contributed by atoms with Crippen LogP contribution in [-0.2, 0) is 16.0 Å². The SMILES string of the molecule is CC(=O)N(CCc1c[nH]c2ccccc12)CC(=O)Nc1ccc(C)cc1. The zero-order chi connectivity index (χ0) is 18.5. The molecular formula is C21H23N3O2. The largest absolute Gasteiger partial charge is 0.361 e. The van der Waals surface area contributed by atoms with Crippen molar-refractivity contribution < 1.29 is 9.59 Å². The minimum absolute atomic E-state index is 0.0472. The van der Waals surface area contributed by atoms with Gasteiger partial charge >= 0.3 is 0 Å². The van der Waals surface area contributed by atoms with Gasteiger partial charge in [-0.05, 0) is 37.1 Å². The van der Waals surface area contributed by atoms with Crippen molar-refractivity contribution in [3.63, 3.8) is 0 Å². The summed E-state index contributed by atoms with van der Waals surface area (Å²) in [5.74, 6) is -0.299. The minimum atomic E-state index is -0.192. The second kappa shape index (κ2) is 7.87. The third kappa shape index (κ3) is 4.30. The molecule has 5 heteroatoms. The first-order valence-electron chi connectivity index (χ1n) is 8.70. The normalized spacial score (nSPS) is 10.7. The van der Waals surface area contributed by atoms with Crippen LogP contribution in [0.3, 0.4) is 0 Å². The van der Waals surface area contributed by atoms with E-state index in [1.165, 1.54) is 6.92 Å². The Morgan fingerprint density at radius 1 is 1.08 bits per heavy atom. The van der Waals surface area contributed by atoms with E-state index in [-0.39, 0.29) is 18.4 Å². The number of aromatic amines is 1. The molecule has 134 valence electrons. The third-order valence-electron chi connectivity index (χ3n) is 4.44. The molecule has 3 aromatic rings. The Morgan fingerprint density at radius 2 is 1.81 bits per heavy atom. The van der Waals surface area contributed by atoms with E-state index in [9.17, 15) is 9.59 Å². The van der Waals surface area contributed by atoms with Crippen LogP contribution in [0.2, 0.25) is 0 Å². The van der Waals surface area contributed by atoms with Crippen LogP contribution in [0.15, 0.2) is 54.7 Å². The number of aryl methyl sites for hydroxylation is 1. The Kier molecular flexibility index (Phi) is 5.37. The first-order valence-corrected chi connectivity index (χ1v) is 8.70. The maximum Gasteiger partial charge on any atom is 0.243 e. The molecule has 0 fully saturated rings. The highest BCUT2D eigenvalue weighted by Crippen LogP contribution is 2.18. The van der Waals surface area contributed by atoms with Gasteiger partial charge in [0.2, 0.25) is 11.8 Å². The second-order valence-corrected chi connectivity index (χ2v) is 6.46. The molecule has 0 saturated heterocycles. The molecule has 0 aliphatic rings. The number of benzene rings is 2. The summed E-state index contributed by atoms with van der Waals surface area (Å²) in [6.45, 7) is 4.03. The quantitative estimate of drug-likeness (QED) is 0.715. The number of amides is 2. The van der Waals surface area contributed by atoms with Crippen molar-refractivity contribution in [1.82, 2.24) is 9.88 Å². The maximum atomic E-state index is 12.3. The molecule has 0 atom stereocenters. The number of carbonyl (C=O) groups is 2. The molecule has 0 spiro atoms. The lowest BCUT2D eigenvalue weighted by atomic mass is 10.1. The van der Waals surface area contributed by atoms with E-state index in [0.717, 1.165) is 27.7 Å². The molecule has 5 nitrogen and oxygen atoms in total. The van der Waals surface area contributed by atoms with Crippen LogP contribution in [-0.4, -0.2) is 34.8 Å². The first-order chi connectivity index (χ1) is 12.5. The molecule has 0 aliphatic carbocycles. The number of anilines is 1. The van der Waals surface area contributed by atoms with Crippen molar-refractivity contribution in [2.45, 2.75) is 20.3 Å². The van der Waals surface area contributed by atoms with Gasteiger partial charge in [-0.2, -0.15) is 0 Å². The van der Waals surface area contributed by atoms with Gasteiger partial charge in [0, 0.05) is 36.3 Å². The zero-order valence-electron chi connectivity index (χ0n) is 15.1. The van der Waals surface area contributed by atoms with Gasteiger partial charge in [0.1, 0.15) is 0 Å². The van der Waals surface area contributed by atoms with Crippen LogP contribution in [0.5, 0.6) is 0 Å². The number of aromatic nitrogens is 1. The lowest BCUT2D eigenvalue weighted by molar-refractivity contribution is -0.132. The Morgan fingerprint density at radius 3 is 2.54 bits per heavy atom.